The molecule has 6 nitrogen and oxygen atoms in total. The predicted molar refractivity (Wildman–Crippen MR) is 89.9 cm³/mol. The quantitative estimate of drug-likeness (QED) is 0.728. The van der Waals surface area contributed by atoms with E-state index in [9.17, 15) is 4.79 Å². The van der Waals surface area contributed by atoms with E-state index < -0.39 is 0 Å². The zero-order chi connectivity index (χ0) is 15.6. The van der Waals surface area contributed by atoms with E-state index in [0.717, 1.165) is 42.3 Å². The molecule has 0 saturated carbocycles. The molecule has 0 N–H and O–H groups in total. The number of carbonyl (C=O) groups is 1. The number of piperidine rings is 1. The summed E-state index contributed by atoms with van der Waals surface area (Å²) in [5, 5.41) is 15.6. The van der Waals surface area contributed by atoms with Crippen molar-refractivity contribution in [2.75, 3.05) is 13.1 Å². The summed E-state index contributed by atoms with van der Waals surface area (Å²) in [7, 11) is 0. The molecule has 0 spiro atoms. The Balaban J connectivity index is 1.31. The second-order valence-electron chi connectivity index (χ2n) is 5.73. The van der Waals surface area contributed by atoms with Gasteiger partial charge in [-0.2, -0.15) is 9.61 Å². The maximum absolute atomic E-state index is 12.3. The third-order valence-electron chi connectivity index (χ3n) is 4.26. The van der Waals surface area contributed by atoms with E-state index in [0.29, 0.717) is 12.3 Å². The average Bonchev–Trinajstić information content (AvgIpc) is 3.29. The van der Waals surface area contributed by atoms with Crippen LogP contribution in [0.5, 0.6) is 0 Å². The van der Waals surface area contributed by atoms with Crippen molar-refractivity contribution in [3.8, 4) is 0 Å². The molecule has 1 amide bonds. The molecule has 0 radical (unpaired) electrons. The molecule has 8 heteroatoms. The molecule has 0 unspecified atom stereocenters. The lowest BCUT2D eigenvalue weighted by Gasteiger charge is -2.31. The minimum absolute atomic E-state index is 0.273. The molecule has 120 valence electrons. The highest BCUT2D eigenvalue weighted by molar-refractivity contribution is 7.16. The van der Waals surface area contributed by atoms with Crippen LogP contribution in [0.2, 0.25) is 0 Å². The minimum Gasteiger partial charge on any atom is -0.343 e. The lowest BCUT2D eigenvalue weighted by molar-refractivity contribution is -0.132. The van der Waals surface area contributed by atoms with Crippen LogP contribution in [0.15, 0.2) is 23.8 Å². The second-order valence-corrected chi connectivity index (χ2v) is 7.75. The van der Waals surface area contributed by atoms with Gasteiger partial charge in [0.1, 0.15) is 11.3 Å². The summed E-state index contributed by atoms with van der Waals surface area (Å²) in [6.07, 6.45) is 5.07. The molecule has 1 fully saturated rings. The molecular weight excluding hydrogens is 330 g/mol. The van der Waals surface area contributed by atoms with Gasteiger partial charge in [0.05, 0.1) is 0 Å². The highest BCUT2D eigenvalue weighted by Crippen LogP contribution is 2.31. The Morgan fingerprint density at radius 3 is 2.96 bits per heavy atom. The maximum Gasteiger partial charge on any atom is 0.234 e. The van der Waals surface area contributed by atoms with Crippen molar-refractivity contribution in [2.45, 2.75) is 31.6 Å². The fourth-order valence-corrected chi connectivity index (χ4v) is 4.66. The molecule has 3 aromatic rings. The topological polar surface area (TPSA) is 63.4 Å². The lowest BCUT2D eigenvalue weighted by atomic mass is 9.97. The van der Waals surface area contributed by atoms with E-state index in [-0.39, 0.29) is 5.91 Å². The van der Waals surface area contributed by atoms with E-state index in [4.69, 9.17) is 0 Å². The van der Waals surface area contributed by atoms with Gasteiger partial charge < -0.3 is 4.90 Å². The van der Waals surface area contributed by atoms with Gasteiger partial charge in [-0.05, 0) is 30.7 Å². The molecule has 0 bridgehead atoms. The summed E-state index contributed by atoms with van der Waals surface area (Å²) >= 11 is 3.33. The molecule has 0 aliphatic carbocycles. The number of carbonyl (C=O) groups excluding carboxylic acids is 1. The van der Waals surface area contributed by atoms with Crippen LogP contribution >= 0.6 is 22.7 Å². The van der Waals surface area contributed by atoms with Crippen LogP contribution in [0.25, 0.3) is 4.96 Å². The van der Waals surface area contributed by atoms with E-state index in [2.05, 4.69) is 26.7 Å². The number of nitrogens with zero attached hydrogens (tertiary/aromatic N) is 5. The molecule has 1 aliphatic rings. The first-order valence-corrected chi connectivity index (χ1v) is 9.46. The summed E-state index contributed by atoms with van der Waals surface area (Å²) < 4.78 is 1.73. The number of fused-ring (bicyclic) bond motifs is 1. The molecule has 23 heavy (non-hydrogen) atoms. The standard InChI is InChI=1S/C15H17N5OS2/c21-13(4-3-12-2-1-9-22-12)19-7-5-11(6-8-19)14-18-20-10-16-17-15(20)23-14/h1-2,9-11H,3-8H2. The summed E-state index contributed by atoms with van der Waals surface area (Å²) in [4.78, 5) is 16.5. The van der Waals surface area contributed by atoms with Crippen LogP contribution in [-0.2, 0) is 11.2 Å². The van der Waals surface area contributed by atoms with Gasteiger partial charge >= 0.3 is 0 Å². The van der Waals surface area contributed by atoms with Crippen molar-refractivity contribution < 1.29 is 4.79 Å². The highest BCUT2D eigenvalue weighted by atomic mass is 32.1. The summed E-state index contributed by atoms with van der Waals surface area (Å²) in [6, 6.07) is 4.13. The number of hydrogen-bond donors (Lipinski definition) is 0. The molecule has 0 aromatic carbocycles. The predicted octanol–water partition coefficient (Wildman–Crippen LogP) is 2.59. The van der Waals surface area contributed by atoms with Gasteiger partial charge in [0.2, 0.25) is 10.9 Å². The zero-order valence-electron chi connectivity index (χ0n) is 12.6. The van der Waals surface area contributed by atoms with E-state index in [1.165, 1.54) is 4.88 Å². The summed E-state index contributed by atoms with van der Waals surface area (Å²) in [5.74, 6) is 0.707. The Hall–Kier alpha value is -1.80. The normalized spacial score (nSPS) is 16.3. The smallest absolute Gasteiger partial charge is 0.234 e. The molecule has 1 aliphatic heterocycles. The fourth-order valence-electron chi connectivity index (χ4n) is 2.96. The number of likely N-dealkylation sites (tertiary alicyclic amines) is 1. The Morgan fingerprint density at radius 1 is 1.35 bits per heavy atom. The Kier molecular flexibility index (Phi) is 4.09. The van der Waals surface area contributed by atoms with Crippen molar-refractivity contribution in [2.24, 2.45) is 0 Å². The monoisotopic (exact) mass is 347 g/mol. The fraction of sp³-hybridized carbons (Fsp3) is 0.467. The van der Waals surface area contributed by atoms with E-state index in [1.807, 2.05) is 11.0 Å². The van der Waals surface area contributed by atoms with Crippen LogP contribution in [0.4, 0.5) is 0 Å². The molecule has 1 saturated heterocycles. The maximum atomic E-state index is 12.3. The molecule has 4 rings (SSSR count). The average molecular weight is 347 g/mol. The van der Waals surface area contributed by atoms with Gasteiger partial charge in [0.25, 0.3) is 0 Å². The van der Waals surface area contributed by atoms with Gasteiger partial charge in [0, 0.05) is 30.3 Å². The van der Waals surface area contributed by atoms with Gasteiger partial charge in [-0.25, -0.2) is 0 Å². The van der Waals surface area contributed by atoms with Gasteiger partial charge in [0.15, 0.2) is 0 Å². The highest BCUT2D eigenvalue weighted by Gasteiger charge is 2.26. The second kappa shape index (κ2) is 6.37. The van der Waals surface area contributed by atoms with Crippen molar-refractivity contribution in [1.29, 1.82) is 0 Å². The number of thiophene rings is 1. The van der Waals surface area contributed by atoms with Gasteiger partial charge in [-0.3, -0.25) is 4.79 Å². The van der Waals surface area contributed by atoms with E-state index >= 15 is 0 Å². The lowest BCUT2D eigenvalue weighted by Crippen LogP contribution is -2.38. The minimum atomic E-state index is 0.273. The number of amides is 1. The van der Waals surface area contributed by atoms with Crippen molar-refractivity contribution in [3.63, 3.8) is 0 Å². The first kappa shape index (κ1) is 14.8. The third kappa shape index (κ3) is 3.13. The summed E-state index contributed by atoms with van der Waals surface area (Å²) in [5.41, 5.74) is 0. The van der Waals surface area contributed by atoms with Crippen molar-refractivity contribution in [3.05, 3.63) is 33.7 Å². The van der Waals surface area contributed by atoms with Crippen LogP contribution in [-0.4, -0.2) is 43.7 Å². The molecule has 3 aromatic heterocycles. The molecule has 4 heterocycles. The zero-order valence-corrected chi connectivity index (χ0v) is 14.2. The Morgan fingerprint density at radius 2 is 2.22 bits per heavy atom. The first-order chi connectivity index (χ1) is 11.3. The van der Waals surface area contributed by atoms with E-state index in [1.54, 1.807) is 33.5 Å². The number of hydrogen-bond acceptors (Lipinski definition) is 6. The van der Waals surface area contributed by atoms with Crippen LogP contribution in [0.3, 0.4) is 0 Å². The SMILES string of the molecule is O=C(CCc1cccs1)N1CCC(c2nn3cnnc3s2)CC1. The number of aromatic nitrogens is 4. The number of aryl methyl sites for hydroxylation is 1. The molecule has 0 atom stereocenters. The largest absolute Gasteiger partial charge is 0.343 e. The van der Waals surface area contributed by atoms with Gasteiger partial charge in [-0.15, -0.1) is 21.5 Å². The molecular formula is C15H17N5OS2. The Bertz CT molecular complexity index is 757. The van der Waals surface area contributed by atoms with Crippen LogP contribution in [0, 0.1) is 0 Å². The first-order valence-electron chi connectivity index (χ1n) is 7.76. The van der Waals surface area contributed by atoms with Crippen molar-refractivity contribution in [1.82, 2.24) is 24.7 Å². The van der Waals surface area contributed by atoms with Gasteiger partial charge in [-0.1, -0.05) is 17.4 Å². The van der Waals surface area contributed by atoms with Crippen molar-refractivity contribution >= 4 is 33.5 Å². The Labute approximate surface area is 141 Å². The van der Waals surface area contributed by atoms with Crippen LogP contribution < -0.4 is 0 Å². The third-order valence-corrected chi connectivity index (χ3v) is 6.28. The summed E-state index contributed by atoms with van der Waals surface area (Å²) in [6.45, 7) is 1.65. The number of rotatable bonds is 4. The van der Waals surface area contributed by atoms with Crippen LogP contribution in [0.1, 0.15) is 35.1 Å².